The Morgan fingerprint density at radius 3 is 2.00 bits per heavy atom. The Kier molecular flexibility index (Phi) is 3.35. The Labute approximate surface area is 45.6 Å². The second kappa shape index (κ2) is 3.54. The molecule has 0 rings (SSSR count). The molecule has 0 aromatic carbocycles. The summed E-state index contributed by atoms with van der Waals surface area (Å²) in [6.45, 7) is -0.873. The van der Waals surface area contributed by atoms with E-state index in [0.717, 1.165) is 0 Å². The maximum Gasteiger partial charge on any atom is 0.303 e. The van der Waals surface area contributed by atoms with Crippen molar-refractivity contribution >= 4 is 8.05 Å². The SMILES string of the molecule is [B]OCC(F)=C(F)F. The van der Waals surface area contributed by atoms with Crippen LogP contribution in [0.2, 0.25) is 0 Å². The average molecular weight is 122 g/mol. The van der Waals surface area contributed by atoms with Crippen molar-refractivity contribution in [3.63, 3.8) is 0 Å². The Balaban J connectivity index is 3.62. The minimum absolute atomic E-state index is 0.873. The van der Waals surface area contributed by atoms with E-state index < -0.39 is 18.5 Å². The maximum atomic E-state index is 11.5. The summed E-state index contributed by atoms with van der Waals surface area (Å²) >= 11 is 0. The van der Waals surface area contributed by atoms with Crippen LogP contribution in [0.1, 0.15) is 0 Å². The first-order chi connectivity index (χ1) is 3.68. The lowest BCUT2D eigenvalue weighted by Gasteiger charge is -1.90. The molecule has 0 aromatic rings. The first-order valence-corrected chi connectivity index (χ1v) is 1.69. The lowest BCUT2D eigenvalue weighted by atomic mass is 10.5. The van der Waals surface area contributed by atoms with Crippen LogP contribution in [-0.4, -0.2) is 14.7 Å². The molecule has 0 aliphatic heterocycles. The summed E-state index contributed by atoms with van der Waals surface area (Å²) < 4.78 is 37.0. The van der Waals surface area contributed by atoms with Crippen molar-refractivity contribution in [3.8, 4) is 0 Å². The van der Waals surface area contributed by atoms with Crippen LogP contribution in [0, 0.1) is 0 Å². The van der Waals surface area contributed by atoms with E-state index in [-0.39, 0.29) is 0 Å². The summed E-state index contributed by atoms with van der Waals surface area (Å²) in [4.78, 5) is 0. The molecule has 0 spiro atoms. The Morgan fingerprint density at radius 1 is 1.38 bits per heavy atom. The van der Waals surface area contributed by atoms with Crippen molar-refractivity contribution in [2.75, 3.05) is 6.61 Å². The van der Waals surface area contributed by atoms with Gasteiger partial charge < -0.3 is 4.65 Å². The molecule has 0 saturated heterocycles. The van der Waals surface area contributed by atoms with Crippen molar-refractivity contribution in [2.24, 2.45) is 0 Å². The van der Waals surface area contributed by atoms with E-state index in [0.29, 0.717) is 0 Å². The van der Waals surface area contributed by atoms with Gasteiger partial charge in [-0.25, -0.2) is 4.39 Å². The molecular formula is C3H2BF3O. The molecule has 8 heavy (non-hydrogen) atoms. The Bertz CT molecular complexity index is 98.7. The molecule has 2 radical (unpaired) electrons. The molecule has 0 unspecified atom stereocenters. The highest BCUT2D eigenvalue weighted by Crippen LogP contribution is 2.07. The van der Waals surface area contributed by atoms with Gasteiger partial charge in [0.25, 0.3) is 8.05 Å². The van der Waals surface area contributed by atoms with Gasteiger partial charge in [-0.2, -0.15) is 8.78 Å². The topological polar surface area (TPSA) is 9.23 Å². The highest BCUT2D eigenvalue weighted by molar-refractivity contribution is 5.98. The van der Waals surface area contributed by atoms with Crippen molar-refractivity contribution in [2.45, 2.75) is 0 Å². The predicted molar refractivity (Wildman–Crippen MR) is 22.1 cm³/mol. The molecular weight excluding hydrogens is 120 g/mol. The zero-order valence-electron chi connectivity index (χ0n) is 3.83. The van der Waals surface area contributed by atoms with Gasteiger partial charge in [0.15, 0.2) is 5.83 Å². The molecule has 44 valence electrons. The first-order valence-electron chi connectivity index (χ1n) is 1.69. The molecule has 0 atom stereocenters. The Morgan fingerprint density at radius 2 is 1.88 bits per heavy atom. The third-order valence-electron chi connectivity index (χ3n) is 0.415. The Hall–Kier alpha value is -0.445. The van der Waals surface area contributed by atoms with E-state index in [9.17, 15) is 13.2 Å². The van der Waals surface area contributed by atoms with Gasteiger partial charge in [-0.15, -0.1) is 0 Å². The lowest BCUT2D eigenvalue weighted by Crippen LogP contribution is -1.89. The van der Waals surface area contributed by atoms with Gasteiger partial charge in [0.2, 0.25) is 0 Å². The van der Waals surface area contributed by atoms with Crippen LogP contribution >= 0.6 is 0 Å². The molecule has 0 saturated carbocycles. The second-order valence-corrected chi connectivity index (χ2v) is 0.976. The van der Waals surface area contributed by atoms with Crippen LogP contribution in [0.15, 0.2) is 11.9 Å². The van der Waals surface area contributed by atoms with Gasteiger partial charge in [0, 0.05) is 0 Å². The van der Waals surface area contributed by atoms with Crippen LogP contribution in [0.5, 0.6) is 0 Å². The van der Waals surface area contributed by atoms with Gasteiger partial charge in [0.1, 0.15) is 0 Å². The molecule has 0 aromatic heterocycles. The average Bonchev–Trinajstić information content (AvgIpc) is 1.67. The van der Waals surface area contributed by atoms with E-state index >= 15 is 0 Å². The zero-order valence-corrected chi connectivity index (χ0v) is 3.83. The molecule has 5 heteroatoms. The molecule has 0 fully saturated rings. The van der Waals surface area contributed by atoms with Crippen molar-refractivity contribution in [3.05, 3.63) is 11.9 Å². The van der Waals surface area contributed by atoms with Gasteiger partial charge in [0.05, 0.1) is 6.61 Å². The number of rotatable bonds is 2. The summed E-state index contributed by atoms with van der Waals surface area (Å²) in [5.41, 5.74) is 0. The van der Waals surface area contributed by atoms with Crippen molar-refractivity contribution in [1.29, 1.82) is 0 Å². The normalized spacial score (nSPS) is 8.88. The standard InChI is InChI=1S/C3H2BF3O/c4-8-1-2(5)3(6)7/h1H2. The van der Waals surface area contributed by atoms with Gasteiger partial charge in [-0.1, -0.05) is 0 Å². The van der Waals surface area contributed by atoms with Crippen LogP contribution in [0.4, 0.5) is 13.2 Å². The lowest BCUT2D eigenvalue weighted by molar-refractivity contribution is 0.303. The van der Waals surface area contributed by atoms with Crippen LogP contribution in [0.25, 0.3) is 0 Å². The fourth-order valence-corrected chi connectivity index (χ4v) is 0.128. The fraction of sp³-hybridized carbons (Fsp3) is 0.333. The zero-order chi connectivity index (χ0) is 6.57. The second-order valence-electron chi connectivity index (χ2n) is 0.976. The molecule has 0 aliphatic rings. The summed E-state index contributed by atoms with van der Waals surface area (Å²) in [6, 6.07) is 0. The fourth-order valence-electron chi connectivity index (χ4n) is 0.128. The first kappa shape index (κ1) is 7.55. The van der Waals surface area contributed by atoms with Gasteiger partial charge in [-0.05, 0) is 0 Å². The quantitative estimate of drug-likeness (QED) is 0.499. The minimum Gasteiger partial charge on any atom is -0.441 e. The van der Waals surface area contributed by atoms with Crippen LogP contribution < -0.4 is 0 Å². The highest BCUT2D eigenvalue weighted by atomic mass is 19.3. The minimum atomic E-state index is -2.39. The molecule has 1 nitrogen and oxygen atoms in total. The maximum absolute atomic E-state index is 11.5. The van der Waals surface area contributed by atoms with Crippen molar-refractivity contribution in [1.82, 2.24) is 0 Å². The predicted octanol–water partition coefficient (Wildman–Crippen LogP) is 1.16. The van der Waals surface area contributed by atoms with Gasteiger partial charge in [-0.3, -0.25) is 0 Å². The summed E-state index contributed by atoms with van der Waals surface area (Å²) in [5, 5.41) is 0. The van der Waals surface area contributed by atoms with E-state index in [1.165, 1.54) is 0 Å². The summed E-state index contributed by atoms with van der Waals surface area (Å²) in [6.07, 6.45) is -2.39. The molecule has 0 amide bonds. The van der Waals surface area contributed by atoms with E-state index in [1.807, 2.05) is 0 Å². The third kappa shape index (κ3) is 2.68. The van der Waals surface area contributed by atoms with Gasteiger partial charge >= 0.3 is 6.08 Å². The molecule has 0 heterocycles. The monoisotopic (exact) mass is 122 g/mol. The largest absolute Gasteiger partial charge is 0.441 e. The van der Waals surface area contributed by atoms with E-state index in [1.54, 1.807) is 0 Å². The van der Waals surface area contributed by atoms with E-state index in [4.69, 9.17) is 0 Å². The summed E-state index contributed by atoms with van der Waals surface area (Å²) in [7, 11) is 4.26. The highest BCUT2D eigenvalue weighted by Gasteiger charge is 2.01. The third-order valence-corrected chi connectivity index (χ3v) is 0.415. The smallest absolute Gasteiger partial charge is 0.303 e. The van der Waals surface area contributed by atoms with Crippen LogP contribution in [0.3, 0.4) is 0 Å². The molecule has 0 aliphatic carbocycles. The van der Waals surface area contributed by atoms with Crippen LogP contribution in [-0.2, 0) is 4.65 Å². The summed E-state index contributed by atoms with van der Waals surface area (Å²) in [5.74, 6) is -1.63. The molecule has 0 N–H and O–H groups in total. The van der Waals surface area contributed by atoms with Crippen molar-refractivity contribution < 1.29 is 17.8 Å². The number of halogens is 3. The van der Waals surface area contributed by atoms with E-state index in [2.05, 4.69) is 12.7 Å². The molecule has 0 bridgehead atoms. The number of hydrogen-bond acceptors (Lipinski definition) is 1. The number of hydrogen-bond donors (Lipinski definition) is 0.